The molecule has 0 aromatic rings. The van der Waals surface area contributed by atoms with Crippen LogP contribution in [-0.4, -0.2) is 140 Å². The van der Waals surface area contributed by atoms with Gasteiger partial charge in [0.25, 0.3) is 0 Å². The van der Waals surface area contributed by atoms with E-state index in [0.29, 0.717) is 6.42 Å². The number of carbonyl (C=O) groups excluding carboxylic acids is 1. The van der Waals surface area contributed by atoms with E-state index in [1.807, 2.05) is 0 Å². The smallest absolute Gasteiger partial charge is 0.217 e. The number of nitrogens with one attached hydrogen (secondary N) is 1. The molecule has 2 fully saturated rings. The maximum Gasteiger partial charge on any atom is 0.217 e. The van der Waals surface area contributed by atoms with Crippen molar-refractivity contribution in [3.63, 3.8) is 0 Å². The molecule has 0 aromatic carbocycles. The Bertz CT molecular complexity index is 775. The SMILES string of the molecule is CCCCCCCCCCCCCC(O)C(COC1OC(CO)C(OC2OC(CO)C(O)C(O)C2O)C(O)C1O)NC(C)=O. The van der Waals surface area contributed by atoms with Crippen LogP contribution in [0.4, 0.5) is 0 Å². The molecular formula is C30H57NO13. The summed E-state index contributed by atoms with van der Waals surface area (Å²) < 4.78 is 22.1. The second-order valence-electron chi connectivity index (χ2n) is 12.0. The number of ether oxygens (including phenoxy) is 4. The first-order chi connectivity index (χ1) is 21.0. The summed E-state index contributed by atoms with van der Waals surface area (Å²) in [6.45, 7) is 1.85. The lowest BCUT2D eigenvalue weighted by Crippen LogP contribution is -2.65. The van der Waals surface area contributed by atoms with Crippen LogP contribution in [0.25, 0.3) is 0 Å². The van der Waals surface area contributed by atoms with Gasteiger partial charge in [-0.1, -0.05) is 77.6 Å². The minimum absolute atomic E-state index is 0.260. The van der Waals surface area contributed by atoms with Crippen LogP contribution in [0.2, 0.25) is 0 Å². The fourth-order valence-electron chi connectivity index (χ4n) is 5.62. The molecule has 2 aliphatic heterocycles. The van der Waals surface area contributed by atoms with Crippen molar-refractivity contribution >= 4 is 5.91 Å². The zero-order valence-corrected chi connectivity index (χ0v) is 26.2. The molecule has 12 unspecified atom stereocenters. The highest BCUT2D eigenvalue weighted by Crippen LogP contribution is 2.29. The molecule has 2 rings (SSSR count). The third kappa shape index (κ3) is 12.3. The number of unbranched alkanes of at least 4 members (excludes halogenated alkanes) is 10. The van der Waals surface area contributed by atoms with Crippen molar-refractivity contribution < 1.29 is 64.6 Å². The van der Waals surface area contributed by atoms with Gasteiger partial charge < -0.3 is 65.1 Å². The minimum Gasteiger partial charge on any atom is -0.394 e. The Balaban J connectivity index is 1.84. The monoisotopic (exact) mass is 639 g/mol. The predicted molar refractivity (Wildman–Crippen MR) is 157 cm³/mol. The number of hydrogen-bond acceptors (Lipinski definition) is 13. The standard InChI is InChI=1S/C30H57NO13/c1-3-4-5-6-7-8-9-10-11-12-13-14-20(35)19(31-18(2)34)17-41-29-27(40)25(38)28(22(16-33)43-29)44-30-26(39)24(37)23(36)21(15-32)42-30/h19-30,32-33,35-40H,3-17H2,1-2H3,(H,31,34). The summed E-state index contributed by atoms with van der Waals surface area (Å²) in [7, 11) is 0. The highest BCUT2D eigenvalue weighted by molar-refractivity contribution is 5.73. The Morgan fingerprint density at radius 1 is 0.727 bits per heavy atom. The van der Waals surface area contributed by atoms with Crippen LogP contribution < -0.4 is 5.32 Å². The molecule has 1 amide bonds. The number of aliphatic hydroxyl groups is 8. The fourth-order valence-corrected chi connectivity index (χ4v) is 5.62. The molecule has 44 heavy (non-hydrogen) atoms. The lowest BCUT2D eigenvalue weighted by molar-refractivity contribution is -0.359. The predicted octanol–water partition coefficient (Wildman–Crippen LogP) is -0.806. The summed E-state index contributed by atoms with van der Waals surface area (Å²) in [5.41, 5.74) is 0. The van der Waals surface area contributed by atoms with Gasteiger partial charge in [-0.05, 0) is 6.42 Å². The average molecular weight is 640 g/mol. The van der Waals surface area contributed by atoms with E-state index in [1.165, 1.54) is 51.9 Å². The Labute approximate surface area is 260 Å². The van der Waals surface area contributed by atoms with E-state index >= 15 is 0 Å². The van der Waals surface area contributed by atoms with Crippen LogP contribution in [-0.2, 0) is 23.7 Å². The number of aliphatic hydroxyl groups excluding tert-OH is 8. The van der Waals surface area contributed by atoms with Gasteiger partial charge in [-0.15, -0.1) is 0 Å². The molecule has 12 atom stereocenters. The number of carbonyl (C=O) groups is 1. The van der Waals surface area contributed by atoms with Crippen LogP contribution in [0.1, 0.15) is 90.9 Å². The zero-order chi connectivity index (χ0) is 32.6. The Hall–Kier alpha value is -1.01. The van der Waals surface area contributed by atoms with Gasteiger partial charge in [0.05, 0.1) is 32.0 Å². The van der Waals surface area contributed by atoms with Crippen molar-refractivity contribution in [2.45, 2.75) is 164 Å². The molecule has 260 valence electrons. The normalized spacial score (nSPS) is 34.0. The molecule has 0 saturated carbocycles. The van der Waals surface area contributed by atoms with Crippen LogP contribution in [0.5, 0.6) is 0 Å². The van der Waals surface area contributed by atoms with Gasteiger partial charge in [-0.2, -0.15) is 0 Å². The Morgan fingerprint density at radius 3 is 1.80 bits per heavy atom. The van der Waals surface area contributed by atoms with Crippen molar-refractivity contribution in [3.8, 4) is 0 Å². The maximum absolute atomic E-state index is 11.8. The van der Waals surface area contributed by atoms with E-state index < -0.39 is 86.8 Å². The van der Waals surface area contributed by atoms with Crippen molar-refractivity contribution in [2.75, 3.05) is 19.8 Å². The summed E-state index contributed by atoms with van der Waals surface area (Å²) >= 11 is 0. The summed E-state index contributed by atoms with van der Waals surface area (Å²) in [6, 6.07) is -0.820. The molecule has 0 aliphatic carbocycles. The molecule has 9 N–H and O–H groups in total. The molecule has 2 saturated heterocycles. The van der Waals surface area contributed by atoms with Crippen LogP contribution in [0.3, 0.4) is 0 Å². The van der Waals surface area contributed by atoms with Crippen molar-refractivity contribution in [1.29, 1.82) is 0 Å². The van der Waals surface area contributed by atoms with E-state index in [0.717, 1.165) is 25.7 Å². The van der Waals surface area contributed by atoms with Crippen LogP contribution in [0, 0.1) is 0 Å². The second-order valence-corrected chi connectivity index (χ2v) is 12.0. The third-order valence-corrected chi connectivity index (χ3v) is 8.36. The maximum atomic E-state index is 11.8. The van der Waals surface area contributed by atoms with Gasteiger partial charge in [0, 0.05) is 6.92 Å². The first-order valence-corrected chi connectivity index (χ1v) is 16.2. The summed E-state index contributed by atoms with van der Waals surface area (Å²) in [5.74, 6) is -0.386. The molecule has 0 radical (unpaired) electrons. The first kappa shape index (κ1) is 39.2. The summed E-state index contributed by atoms with van der Waals surface area (Å²) in [5, 5.41) is 84.5. The number of amides is 1. The number of rotatable bonds is 21. The van der Waals surface area contributed by atoms with Gasteiger partial charge in [-0.25, -0.2) is 0 Å². The van der Waals surface area contributed by atoms with E-state index in [-0.39, 0.29) is 12.5 Å². The van der Waals surface area contributed by atoms with E-state index in [9.17, 15) is 45.6 Å². The van der Waals surface area contributed by atoms with Crippen LogP contribution in [0.15, 0.2) is 0 Å². The van der Waals surface area contributed by atoms with Gasteiger partial charge in [0.2, 0.25) is 5.91 Å². The average Bonchev–Trinajstić information content (AvgIpc) is 3.00. The minimum atomic E-state index is -1.77. The van der Waals surface area contributed by atoms with E-state index in [4.69, 9.17) is 18.9 Å². The zero-order valence-electron chi connectivity index (χ0n) is 26.2. The third-order valence-electron chi connectivity index (χ3n) is 8.36. The van der Waals surface area contributed by atoms with Gasteiger partial charge in [0.1, 0.15) is 48.8 Å². The van der Waals surface area contributed by atoms with Gasteiger partial charge in [0.15, 0.2) is 12.6 Å². The lowest BCUT2D eigenvalue weighted by Gasteiger charge is -2.46. The molecule has 2 aliphatic rings. The van der Waals surface area contributed by atoms with Gasteiger partial charge in [-0.3, -0.25) is 4.79 Å². The highest BCUT2D eigenvalue weighted by Gasteiger charge is 2.50. The van der Waals surface area contributed by atoms with E-state index in [1.54, 1.807) is 0 Å². The van der Waals surface area contributed by atoms with Crippen molar-refractivity contribution in [1.82, 2.24) is 5.32 Å². The van der Waals surface area contributed by atoms with Crippen LogP contribution >= 0.6 is 0 Å². The molecule has 0 aromatic heterocycles. The van der Waals surface area contributed by atoms with Crippen molar-refractivity contribution in [3.05, 3.63) is 0 Å². The van der Waals surface area contributed by atoms with Crippen molar-refractivity contribution in [2.24, 2.45) is 0 Å². The Kier molecular flexibility index (Phi) is 18.7. The topological polar surface area (TPSA) is 228 Å². The Morgan fingerprint density at radius 2 is 1.25 bits per heavy atom. The molecular weight excluding hydrogens is 582 g/mol. The second kappa shape index (κ2) is 21.0. The summed E-state index contributed by atoms with van der Waals surface area (Å²) in [6.07, 6.45) is -3.39. The molecule has 0 spiro atoms. The van der Waals surface area contributed by atoms with Gasteiger partial charge >= 0.3 is 0 Å². The largest absolute Gasteiger partial charge is 0.394 e. The first-order valence-electron chi connectivity index (χ1n) is 16.2. The van der Waals surface area contributed by atoms with E-state index in [2.05, 4.69) is 12.2 Å². The quantitative estimate of drug-likeness (QED) is 0.0702. The fraction of sp³-hybridized carbons (Fsp3) is 0.967. The highest BCUT2D eigenvalue weighted by atomic mass is 16.7. The molecule has 14 heteroatoms. The molecule has 2 heterocycles. The molecule has 0 bridgehead atoms. The lowest BCUT2D eigenvalue weighted by atomic mass is 9.97. The molecule has 14 nitrogen and oxygen atoms in total. The summed E-state index contributed by atoms with van der Waals surface area (Å²) in [4.78, 5) is 11.8. The number of hydrogen-bond donors (Lipinski definition) is 9.